The molecule has 2 rings (SSSR count). The predicted molar refractivity (Wildman–Crippen MR) is 119 cm³/mol. The first kappa shape index (κ1) is 24.8. The van der Waals surface area contributed by atoms with Gasteiger partial charge in [-0.25, -0.2) is 8.42 Å². The van der Waals surface area contributed by atoms with E-state index in [4.69, 9.17) is 16.3 Å². The van der Waals surface area contributed by atoms with Crippen LogP contribution in [-0.4, -0.2) is 44.9 Å². The van der Waals surface area contributed by atoms with Crippen molar-refractivity contribution in [1.29, 1.82) is 0 Å². The summed E-state index contributed by atoms with van der Waals surface area (Å²) in [6.07, 6.45) is 0. The van der Waals surface area contributed by atoms with E-state index in [0.29, 0.717) is 6.54 Å². The van der Waals surface area contributed by atoms with Crippen LogP contribution in [0.15, 0.2) is 53.4 Å². The van der Waals surface area contributed by atoms with Gasteiger partial charge in [-0.3, -0.25) is 9.59 Å². The van der Waals surface area contributed by atoms with Crippen molar-refractivity contribution in [3.63, 3.8) is 0 Å². The van der Waals surface area contributed by atoms with Crippen molar-refractivity contribution in [2.75, 3.05) is 13.7 Å². The molecule has 0 radical (unpaired) electrons. The summed E-state index contributed by atoms with van der Waals surface area (Å²) in [6, 6.07) is 12.2. The Bertz CT molecular complexity index is 1040. The van der Waals surface area contributed by atoms with Crippen LogP contribution in [0.5, 0.6) is 0 Å². The highest BCUT2D eigenvalue weighted by Crippen LogP contribution is 2.17. The molecule has 2 aromatic rings. The highest BCUT2D eigenvalue weighted by molar-refractivity contribution is 7.89. The molecule has 0 bridgehead atoms. The van der Waals surface area contributed by atoms with E-state index in [2.05, 4.69) is 4.72 Å². The summed E-state index contributed by atoms with van der Waals surface area (Å²) < 4.78 is 32.8. The van der Waals surface area contributed by atoms with Crippen LogP contribution < -0.4 is 4.72 Å². The molecule has 0 aromatic heterocycles. The van der Waals surface area contributed by atoms with E-state index in [1.54, 1.807) is 27.0 Å². The number of carbonyl (C=O) groups excluding carboxylic acids is 2. The molecule has 0 aliphatic heterocycles. The summed E-state index contributed by atoms with van der Waals surface area (Å²) in [5, 5.41) is 0.258. The fourth-order valence-corrected chi connectivity index (χ4v) is 4.42. The maximum absolute atomic E-state index is 12.6. The highest BCUT2D eigenvalue weighted by Gasteiger charge is 2.30. The molecule has 0 fully saturated rings. The van der Waals surface area contributed by atoms with Crippen molar-refractivity contribution in [3.05, 3.63) is 64.7 Å². The third-order valence-corrected chi connectivity index (χ3v) is 6.42. The quantitative estimate of drug-likeness (QED) is 0.573. The van der Waals surface area contributed by atoms with Crippen LogP contribution >= 0.6 is 11.6 Å². The largest absolute Gasteiger partial charge is 0.454 e. The van der Waals surface area contributed by atoms with Crippen molar-refractivity contribution in [2.24, 2.45) is 5.92 Å². The van der Waals surface area contributed by atoms with Crippen molar-refractivity contribution < 1.29 is 22.7 Å². The molecule has 1 unspecified atom stereocenters. The van der Waals surface area contributed by atoms with Gasteiger partial charge in [0.05, 0.1) is 4.90 Å². The van der Waals surface area contributed by atoms with E-state index < -0.39 is 40.5 Å². The molecule has 9 heteroatoms. The number of sulfonamides is 1. The van der Waals surface area contributed by atoms with Crippen LogP contribution in [0, 0.1) is 12.8 Å². The Kier molecular flexibility index (Phi) is 8.61. The summed E-state index contributed by atoms with van der Waals surface area (Å²) in [5.74, 6) is -1.61. The summed E-state index contributed by atoms with van der Waals surface area (Å²) in [5.41, 5.74) is 2.04. The first-order valence-corrected chi connectivity index (χ1v) is 11.6. The Morgan fingerprint density at radius 1 is 1.13 bits per heavy atom. The number of halogens is 1. The maximum Gasteiger partial charge on any atom is 0.324 e. The number of aryl methyl sites for hydroxylation is 1. The molecular formula is C22H27ClN2O5S. The normalized spacial score (nSPS) is 12.5. The van der Waals surface area contributed by atoms with Gasteiger partial charge >= 0.3 is 5.97 Å². The Labute approximate surface area is 188 Å². The molecule has 0 aliphatic rings. The van der Waals surface area contributed by atoms with E-state index in [-0.39, 0.29) is 9.92 Å². The Balaban J connectivity index is 2.00. The van der Waals surface area contributed by atoms with Gasteiger partial charge in [0.15, 0.2) is 6.61 Å². The Morgan fingerprint density at radius 2 is 1.81 bits per heavy atom. The number of esters is 1. The van der Waals surface area contributed by atoms with Crippen LogP contribution in [0.1, 0.15) is 25.0 Å². The molecule has 31 heavy (non-hydrogen) atoms. The topological polar surface area (TPSA) is 92.8 Å². The number of nitrogens with one attached hydrogen (secondary N) is 1. The minimum Gasteiger partial charge on any atom is -0.454 e. The predicted octanol–water partition coefficient (Wildman–Crippen LogP) is 3.15. The van der Waals surface area contributed by atoms with E-state index in [1.165, 1.54) is 23.1 Å². The van der Waals surface area contributed by atoms with Gasteiger partial charge in [-0.1, -0.05) is 55.8 Å². The second-order valence-electron chi connectivity index (χ2n) is 7.58. The van der Waals surface area contributed by atoms with E-state index in [0.717, 1.165) is 11.1 Å². The van der Waals surface area contributed by atoms with Crippen LogP contribution in [-0.2, 0) is 30.9 Å². The Hall–Kier alpha value is -2.42. The van der Waals surface area contributed by atoms with Gasteiger partial charge in [-0.05, 0) is 42.2 Å². The standard InChI is InChI=1S/C22H27ClN2O5S/c1-15(2)21(24-31(28,29)19-11-7-10-18(23)12-19)22(27)30-14-20(26)25(4)13-17-9-6-5-8-16(17)3/h5-12,15,21,24H,13-14H2,1-4H3. The summed E-state index contributed by atoms with van der Waals surface area (Å²) in [6.45, 7) is 5.20. The zero-order chi connectivity index (χ0) is 23.2. The van der Waals surface area contributed by atoms with Crippen molar-refractivity contribution in [3.8, 4) is 0 Å². The number of nitrogens with zero attached hydrogens (tertiary/aromatic N) is 1. The van der Waals surface area contributed by atoms with Crippen molar-refractivity contribution in [1.82, 2.24) is 9.62 Å². The monoisotopic (exact) mass is 466 g/mol. The third-order valence-electron chi connectivity index (χ3n) is 4.74. The minimum absolute atomic E-state index is 0.0625. The highest BCUT2D eigenvalue weighted by atomic mass is 35.5. The van der Waals surface area contributed by atoms with E-state index >= 15 is 0 Å². The zero-order valence-corrected chi connectivity index (χ0v) is 19.5. The van der Waals surface area contributed by atoms with Crippen molar-refractivity contribution >= 4 is 33.5 Å². The lowest BCUT2D eigenvalue weighted by atomic mass is 10.1. The second-order valence-corrected chi connectivity index (χ2v) is 9.73. The number of hydrogen-bond acceptors (Lipinski definition) is 5. The number of likely N-dealkylation sites (N-methyl/N-ethyl adjacent to an activating group) is 1. The first-order valence-electron chi connectivity index (χ1n) is 9.74. The molecule has 168 valence electrons. The number of hydrogen-bond donors (Lipinski definition) is 1. The number of ether oxygens (including phenoxy) is 1. The van der Waals surface area contributed by atoms with E-state index in [9.17, 15) is 18.0 Å². The van der Waals surface area contributed by atoms with Gasteiger partial charge in [0.25, 0.3) is 5.91 Å². The summed E-state index contributed by atoms with van der Waals surface area (Å²) in [4.78, 5) is 26.3. The van der Waals surface area contributed by atoms with Gasteiger partial charge in [0.1, 0.15) is 6.04 Å². The summed E-state index contributed by atoms with van der Waals surface area (Å²) in [7, 11) is -2.39. The second kappa shape index (κ2) is 10.7. The van der Waals surface area contributed by atoms with Gasteiger partial charge in [-0.15, -0.1) is 0 Å². The number of benzene rings is 2. The lowest BCUT2D eigenvalue weighted by Crippen LogP contribution is -2.46. The average Bonchev–Trinajstić information content (AvgIpc) is 2.71. The molecule has 0 aliphatic carbocycles. The van der Waals surface area contributed by atoms with Crippen LogP contribution in [0.25, 0.3) is 0 Å². The lowest BCUT2D eigenvalue weighted by molar-refractivity contribution is -0.154. The molecule has 0 heterocycles. The average molecular weight is 467 g/mol. The van der Waals surface area contributed by atoms with Crippen molar-refractivity contribution in [2.45, 2.75) is 38.3 Å². The molecule has 7 nitrogen and oxygen atoms in total. The third kappa shape index (κ3) is 7.05. The molecule has 1 atom stereocenters. The SMILES string of the molecule is Cc1ccccc1CN(C)C(=O)COC(=O)C(NS(=O)(=O)c1cccc(Cl)c1)C(C)C. The van der Waals surface area contributed by atoms with Gasteiger partial charge in [0.2, 0.25) is 10.0 Å². The number of amides is 1. The minimum atomic E-state index is -4.00. The number of carbonyl (C=O) groups is 2. The zero-order valence-electron chi connectivity index (χ0n) is 18.0. The van der Waals surface area contributed by atoms with E-state index in [1.807, 2.05) is 31.2 Å². The molecule has 1 N–H and O–H groups in total. The molecule has 2 aromatic carbocycles. The smallest absolute Gasteiger partial charge is 0.324 e. The van der Waals surface area contributed by atoms with Gasteiger partial charge < -0.3 is 9.64 Å². The van der Waals surface area contributed by atoms with Crippen LogP contribution in [0.4, 0.5) is 0 Å². The molecule has 0 saturated carbocycles. The summed E-state index contributed by atoms with van der Waals surface area (Å²) >= 11 is 5.87. The molecule has 1 amide bonds. The molecular weight excluding hydrogens is 440 g/mol. The molecule has 0 spiro atoms. The molecule has 0 saturated heterocycles. The van der Waals surface area contributed by atoms with Crippen LogP contribution in [0.2, 0.25) is 5.02 Å². The van der Waals surface area contributed by atoms with Gasteiger partial charge in [0, 0.05) is 18.6 Å². The first-order chi connectivity index (χ1) is 14.5. The fraction of sp³-hybridized carbons (Fsp3) is 0.364. The fourth-order valence-electron chi connectivity index (χ4n) is 2.79. The lowest BCUT2D eigenvalue weighted by Gasteiger charge is -2.22. The Morgan fingerprint density at radius 3 is 2.42 bits per heavy atom. The van der Waals surface area contributed by atoms with Gasteiger partial charge in [-0.2, -0.15) is 4.72 Å². The van der Waals surface area contributed by atoms with Crippen LogP contribution in [0.3, 0.4) is 0 Å². The maximum atomic E-state index is 12.6. The number of rotatable bonds is 9.